The molecule has 0 spiro atoms. The Bertz CT molecular complexity index is 820. The Hall–Kier alpha value is -3.02. The number of nitrogens with zero attached hydrogens (tertiary/aromatic N) is 2. The molecule has 0 bridgehead atoms. The molecular weight excluding hydrogens is 356 g/mol. The lowest BCUT2D eigenvalue weighted by atomic mass is 10.0. The number of anilines is 1. The van der Waals surface area contributed by atoms with Gasteiger partial charge in [0.25, 0.3) is 0 Å². The van der Waals surface area contributed by atoms with E-state index < -0.39 is 0 Å². The number of para-hydroxylation sites is 1. The number of rotatable bonds is 7. The van der Waals surface area contributed by atoms with Crippen LogP contribution >= 0.6 is 0 Å². The highest BCUT2D eigenvalue weighted by Crippen LogP contribution is 2.26. The first-order chi connectivity index (χ1) is 13.6. The van der Waals surface area contributed by atoms with Crippen LogP contribution in [0.15, 0.2) is 48.5 Å². The van der Waals surface area contributed by atoms with Crippen molar-refractivity contribution >= 4 is 17.5 Å². The number of carbonyl (C=O) groups excluding carboxylic acids is 2. The number of carbonyl (C=O) groups is 2. The van der Waals surface area contributed by atoms with Gasteiger partial charge in [-0.2, -0.15) is 0 Å². The summed E-state index contributed by atoms with van der Waals surface area (Å²) in [6.07, 6.45) is 1.91. The predicted molar refractivity (Wildman–Crippen MR) is 108 cm³/mol. The average molecular weight is 382 g/mol. The maximum atomic E-state index is 12.9. The van der Waals surface area contributed by atoms with Gasteiger partial charge in [0.15, 0.2) is 0 Å². The summed E-state index contributed by atoms with van der Waals surface area (Å²) < 4.78 is 10.8. The molecule has 6 nitrogen and oxygen atoms in total. The molecule has 0 saturated carbocycles. The molecule has 28 heavy (non-hydrogen) atoms. The van der Waals surface area contributed by atoms with Gasteiger partial charge in [-0.3, -0.25) is 9.59 Å². The topological polar surface area (TPSA) is 59.1 Å². The van der Waals surface area contributed by atoms with Crippen LogP contribution in [0.1, 0.15) is 18.9 Å². The van der Waals surface area contributed by atoms with Crippen LogP contribution in [0.2, 0.25) is 0 Å². The van der Waals surface area contributed by atoms with Crippen molar-refractivity contribution < 1.29 is 19.1 Å². The number of benzene rings is 2. The van der Waals surface area contributed by atoms with Gasteiger partial charge in [-0.1, -0.05) is 18.2 Å². The maximum absolute atomic E-state index is 12.9. The number of amides is 2. The van der Waals surface area contributed by atoms with Crippen LogP contribution in [0.3, 0.4) is 0 Å². The van der Waals surface area contributed by atoms with Gasteiger partial charge < -0.3 is 19.3 Å². The summed E-state index contributed by atoms with van der Waals surface area (Å²) in [6.45, 7) is 2.88. The molecule has 2 aromatic rings. The highest BCUT2D eigenvalue weighted by molar-refractivity contribution is 5.97. The zero-order valence-corrected chi connectivity index (χ0v) is 16.4. The zero-order valence-electron chi connectivity index (χ0n) is 16.4. The van der Waals surface area contributed by atoms with Crippen molar-refractivity contribution in [2.45, 2.75) is 19.8 Å². The summed E-state index contributed by atoms with van der Waals surface area (Å²) in [5.74, 6) is 1.24. The third kappa shape index (κ3) is 4.82. The molecule has 1 heterocycles. The van der Waals surface area contributed by atoms with Crippen LogP contribution in [0.4, 0.5) is 5.69 Å². The van der Waals surface area contributed by atoms with Crippen molar-refractivity contribution in [3.8, 4) is 11.5 Å². The minimum Gasteiger partial charge on any atom is -0.497 e. The van der Waals surface area contributed by atoms with Crippen molar-refractivity contribution in [3.05, 3.63) is 54.1 Å². The van der Waals surface area contributed by atoms with Gasteiger partial charge in [0.05, 0.1) is 13.7 Å². The largest absolute Gasteiger partial charge is 0.497 e. The Kier molecular flexibility index (Phi) is 6.53. The van der Waals surface area contributed by atoms with Gasteiger partial charge >= 0.3 is 0 Å². The van der Waals surface area contributed by atoms with E-state index in [1.807, 2.05) is 42.5 Å². The molecule has 3 rings (SSSR count). The molecule has 0 atom stereocenters. The molecule has 1 aliphatic rings. The summed E-state index contributed by atoms with van der Waals surface area (Å²) >= 11 is 0. The van der Waals surface area contributed by atoms with Crippen molar-refractivity contribution in [1.82, 2.24) is 4.90 Å². The summed E-state index contributed by atoms with van der Waals surface area (Å²) in [7, 11) is 1.61. The normalized spacial score (nSPS) is 12.9. The summed E-state index contributed by atoms with van der Waals surface area (Å²) in [6, 6.07) is 15.2. The second-order valence-electron chi connectivity index (χ2n) is 6.74. The van der Waals surface area contributed by atoms with E-state index in [2.05, 4.69) is 6.07 Å². The fourth-order valence-electron chi connectivity index (χ4n) is 3.33. The first-order valence-corrected chi connectivity index (χ1v) is 9.49. The van der Waals surface area contributed by atoms with Gasteiger partial charge in [-0.25, -0.2) is 0 Å². The Morgan fingerprint density at radius 1 is 1.07 bits per heavy atom. The molecule has 2 aromatic carbocycles. The van der Waals surface area contributed by atoms with Crippen LogP contribution < -0.4 is 14.4 Å². The van der Waals surface area contributed by atoms with E-state index in [0.29, 0.717) is 25.4 Å². The molecule has 0 unspecified atom stereocenters. The monoisotopic (exact) mass is 382 g/mol. The third-order valence-corrected chi connectivity index (χ3v) is 4.87. The van der Waals surface area contributed by atoms with Crippen LogP contribution in [0.25, 0.3) is 0 Å². The van der Waals surface area contributed by atoms with E-state index in [1.54, 1.807) is 12.0 Å². The second-order valence-corrected chi connectivity index (χ2v) is 6.74. The fraction of sp³-hybridized carbons (Fsp3) is 0.364. The SMILES string of the molecule is COc1ccc(OCCN(CC(=O)N2CCCc3ccccc32)C(C)=O)cc1. The highest BCUT2D eigenvalue weighted by Gasteiger charge is 2.24. The third-order valence-electron chi connectivity index (χ3n) is 4.87. The first kappa shape index (κ1) is 19.7. The van der Waals surface area contributed by atoms with Crippen LogP contribution in [-0.2, 0) is 16.0 Å². The van der Waals surface area contributed by atoms with E-state index in [-0.39, 0.29) is 18.4 Å². The Balaban J connectivity index is 1.57. The summed E-state index contributed by atoms with van der Waals surface area (Å²) in [5.41, 5.74) is 2.14. The lowest BCUT2D eigenvalue weighted by Crippen LogP contribution is -2.45. The lowest BCUT2D eigenvalue weighted by Gasteiger charge is -2.31. The molecule has 0 aliphatic carbocycles. The Morgan fingerprint density at radius 3 is 2.50 bits per heavy atom. The van der Waals surface area contributed by atoms with Crippen LogP contribution in [-0.4, -0.2) is 50.1 Å². The highest BCUT2D eigenvalue weighted by atomic mass is 16.5. The van der Waals surface area contributed by atoms with E-state index >= 15 is 0 Å². The number of hydrogen-bond acceptors (Lipinski definition) is 4. The molecule has 0 aromatic heterocycles. The van der Waals surface area contributed by atoms with Crippen molar-refractivity contribution in [2.75, 3.05) is 38.3 Å². The minimum absolute atomic E-state index is 0.0512. The summed E-state index contributed by atoms with van der Waals surface area (Å²) in [5, 5.41) is 0. The second kappa shape index (κ2) is 9.26. The van der Waals surface area contributed by atoms with E-state index in [0.717, 1.165) is 24.3 Å². The molecule has 148 valence electrons. The molecule has 0 radical (unpaired) electrons. The van der Waals surface area contributed by atoms with Gasteiger partial charge in [-0.05, 0) is 48.7 Å². The lowest BCUT2D eigenvalue weighted by molar-refractivity contribution is -0.133. The number of fused-ring (bicyclic) bond motifs is 1. The smallest absolute Gasteiger partial charge is 0.246 e. The van der Waals surface area contributed by atoms with E-state index in [1.165, 1.54) is 17.4 Å². The number of hydrogen-bond donors (Lipinski definition) is 0. The summed E-state index contributed by atoms with van der Waals surface area (Å²) in [4.78, 5) is 28.2. The van der Waals surface area contributed by atoms with E-state index in [4.69, 9.17) is 9.47 Å². The fourth-order valence-corrected chi connectivity index (χ4v) is 3.33. The van der Waals surface area contributed by atoms with Gasteiger partial charge in [-0.15, -0.1) is 0 Å². The number of aryl methyl sites for hydroxylation is 1. The molecule has 6 heteroatoms. The first-order valence-electron chi connectivity index (χ1n) is 9.49. The maximum Gasteiger partial charge on any atom is 0.246 e. The molecule has 1 aliphatic heterocycles. The van der Waals surface area contributed by atoms with Gasteiger partial charge in [0, 0.05) is 19.2 Å². The average Bonchev–Trinajstić information content (AvgIpc) is 2.72. The molecule has 2 amide bonds. The molecule has 0 N–H and O–H groups in total. The number of ether oxygens (including phenoxy) is 2. The van der Waals surface area contributed by atoms with Crippen molar-refractivity contribution in [1.29, 1.82) is 0 Å². The van der Waals surface area contributed by atoms with E-state index in [9.17, 15) is 9.59 Å². The van der Waals surface area contributed by atoms with Gasteiger partial charge in [0.1, 0.15) is 24.7 Å². The molecule has 0 fully saturated rings. The predicted octanol–water partition coefficient (Wildman–Crippen LogP) is 2.90. The van der Waals surface area contributed by atoms with Gasteiger partial charge in [0.2, 0.25) is 11.8 Å². The molecular formula is C22H26N2O4. The minimum atomic E-state index is -0.142. The zero-order chi connectivity index (χ0) is 19.9. The number of methoxy groups -OCH3 is 1. The Labute approximate surface area is 165 Å². The standard InChI is InChI=1S/C22H26N2O4/c1-17(25)23(14-15-28-20-11-9-19(27-2)10-12-20)16-22(26)24-13-5-7-18-6-3-4-8-21(18)24/h3-4,6,8-12H,5,7,13-16H2,1-2H3. The van der Waals surface area contributed by atoms with Crippen LogP contribution in [0, 0.1) is 0 Å². The molecule has 0 saturated heterocycles. The van der Waals surface area contributed by atoms with Crippen molar-refractivity contribution in [3.63, 3.8) is 0 Å². The van der Waals surface area contributed by atoms with Crippen molar-refractivity contribution in [2.24, 2.45) is 0 Å². The van der Waals surface area contributed by atoms with Crippen LogP contribution in [0.5, 0.6) is 11.5 Å². The quantitative estimate of drug-likeness (QED) is 0.739. The Morgan fingerprint density at radius 2 is 1.79 bits per heavy atom.